The topological polar surface area (TPSA) is 154 Å². The molecule has 242 valence electrons. The number of anilines is 2. The Hall–Kier alpha value is -4.84. The average Bonchev–Trinajstić information content (AvgIpc) is 3.80. The van der Waals surface area contributed by atoms with Crippen molar-refractivity contribution in [2.24, 2.45) is 5.73 Å². The van der Waals surface area contributed by atoms with Gasteiger partial charge in [0, 0.05) is 31.6 Å². The minimum absolute atomic E-state index is 0.0308. The highest BCUT2D eigenvalue weighted by atomic mass is 16.3. The van der Waals surface area contributed by atoms with Crippen molar-refractivity contribution in [1.29, 1.82) is 0 Å². The van der Waals surface area contributed by atoms with Crippen molar-refractivity contribution in [3.63, 3.8) is 0 Å². The molecule has 47 heavy (non-hydrogen) atoms. The second kappa shape index (κ2) is 13.5. The summed E-state index contributed by atoms with van der Waals surface area (Å²) < 4.78 is 1.81. The number of amides is 1. The molecule has 2 aliphatic rings. The number of benzene rings is 3. The van der Waals surface area contributed by atoms with E-state index in [0.717, 1.165) is 18.5 Å². The number of aliphatic hydroxyl groups excluding tert-OH is 2. The summed E-state index contributed by atoms with van der Waals surface area (Å²) in [5.74, 6) is 0.963. The SMILES string of the molecule is NC1CCN(c2nc(NCC(c3ccccc3)c3ccccc3)c3ncn([C@@H]4C[C@H](NC(=O)Cc5ccccc5)[C@@H](O)[C@H]4O)c3n2)C1. The van der Waals surface area contributed by atoms with Gasteiger partial charge in [-0.2, -0.15) is 9.97 Å². The van der Waals surface area contributed by atoms with Crippen molar-refractivity contribution in [1.82, 2.24) is 24.8 Å². The van der Waals surface area contributed by atoms with E-state index in [-0.39, 0.29) is 24.3 Å². The van der Waals surface area contributed by atoms with Gasteiger partial charge in [0.25, 0.3) is 0 Å². The maximum absolute atomic E-state index is 12.9. The van der Waals surface area contributed by atoms with Crippen LogP contribution >= 0.6 is 0 Å². The number of imidazole rings is 1. The number of nitrogens with one attached hydrogen (secondary N) is 2. The smallest absolute Gasteiger partial charge is 0.229 e. The van der Waals surface area contributed by atoms with Crippen LogP contribution in [0.25, 0.3) is 11.2 Å². The van der Waals surface area contributed by atoms with Crippen molar-refractivity contribution in [2.45, 2.75) is 55.5 Å². The lowest BCUT2D eigenvalue weighted by atomic mass is 9.91. The van der Waals surface area contributed by atoms with Gasteiger partial charge in [-0.25, -0.2) is 4.98 Å². The van der Waals surface area contributed by atoms with E-state index in [9.17, 15) is 15.0 Å². The number of hydrogen-bond acceptors (Lipinski definition) is 9. The molecule has 3 aromatic carbocycles. The van der Waals surface area contributed by atoms with Crippen LogP contribution in [-0.2, 0) is 11.2 Å². The van der Waals surface area contributed by atoms with Gasteiger partial charge in [-0.1, -0.05) is 91.0 Å². The van der Waals surface area contributed by atoms with Gasteiger partial charge in [0.05, 0.1) is 24.8 Å². The Morgan fingerprint density at radius 2 is 1.57 bits per heavy atom. The van der Waals surface area contributed by atoms with Crippen molar-refractivity contribution in [3.8, 4) is 0 Å². The number of aromatic nitrogens is 4. The summed E-state index contributed by atoms with van der Waals surface area (Å²) in [5.41, 5.74) is 10.6. The zero-order valence-corrected chi connectivity index (χ0v) is 26.1. The number of aliphatic hydroxyl groups is 2. The molecular weight excluding hydrogens is 592 g/mol. The van der Waals surface area contributed by atoms with Gasteiger partial charge >= 0.3 is 0 Å². The summed E-state index contributed by atoms with van der Waals surface area (Å²) in [6.45, 7) is 1.93. The van der Waals surface area contributed by atoms with Crippen LogP contribution in [0.1, 0.15) is 41.5 Å². The van der Waals surface area contributed by atoms with E-state index in [2.05, 4.69) is 39.8 Å². The highest BCUT2D eigenvalue weighted by Gasteiger charge is 2.44. The lowest BCUT2D eigenvalue weighted by Crippen LogP contribution is -2.43. The molecule has 0 radical (unpaired) electrons. The first kappa shape index (κ1) is 30.8. The van der Waals surface area contributed by atoms with E-state index in [1.54, 1.807) is 6.33 Å². The second-order valence-electron chi connectivity index (χ2n) is 12.6. The highest BCUT2D eigenvalue weighted by Crippen LogP contribution is 2.35. The molecule has 0 bridgehead atoms. The van der Waals surface area contributed by atoms with Crippen LogP contribution < -0.4 is 21.3 Å². The number of carbonyl (C=O) groups excluding carboxylic acids is 1. The molecule has 5 aromatic rings. The molecule has 0 spiro atoms. The highest BCUT2D eigenvalue weighted by molar-refractivity contribution is 5.85. The summed E-state index contributed by atoms with van der Waals surface area (Å²) >= 11 is 0. The van der Waals surface area contributed by atoms with E-state index in [0.29, 0.717) is 42.4 Å². The van der Waals surface area contributed by atoms with Gasteiger partial charge in [-0.15, -0.1) is 0 Å². The Kier molecular flexibility index (Phi) is 8.84. The molecular formula is C36H40N8O3. The fourth-order valence-corrected chi connectivity index (χ4v) is 6.85. The summed E-state index contributed by atoms with van der Waals surface area (Å²) in [5, 5.41) is 28.8. The van der Waals surface area contributed by atoms with Gasteiger partial charge in [0.1, 0.15) is 12.2 Å². The number of fused-ring (bicyclic) bond motifs is 1. The van der Waals surface area contributed by atoms with Gasteiger partial charge < -0.3 is 36.0 Å². The van der Waals surface area contributed by atoms with Crippen LogP contribution in [0, 0.1) is 0 Å². The standard InChI is InChI=1S/C36H40N8O3/c37-26-16-17-43(21-26)36-41-34(38-20-27(24-12-6-2-7-13-24)25-14-8-3-9-15-25)31-35(42-36)44(22-39-31)29-19-28(32(46)33(29)47)40-30(45)18-23-10-4-1-5-11-23/h1-15,22,26-29,32-33,46-47H,16-21,37H2,(H,40,45)(H,38,41,42)/t26?,28-,29+,32+,33-/m0/s1. The summed E-state index contributed by atoms with van der Waals surface area (Å²) in [7, 11) is 0. The third-order valence-corrected chi connectivity index (χ3v) is 9.36. The average molecular weight is 633 g/mol. The molecule has 11 nitrogen and oxygen atoms in total. The van der Waals surface area contributed by atoms with Gasteiger partial charge in [-0.3, -0.25) is 4.79 Å². The van der Waals surface area contributed by atoms with Crippen molar-refractivity contribution >= 4 is 28.8 Å². The zero-order chi connectivity index (χ0) is 32.3. The maximum Gasteiger partial charge on any atom is 0.229 e. The molecule has 1 aliphatic heterocycles. The molecule has 1 saturated heterocycles. The molecule has 5 atom stereocenters. The van der Waals surface area contributed by atoms with E-state index in [4.69, 9.17) is 20.7 Å². The molecule has 1 saturated carbocycles. The lowest BCUT2D eigenvalue weighted by molar-refractivity contribution is -0.122. The van der Waals surface area contributed by atoms with E-state index in [1.165, 1.54) is 11.1 Å². The predicted octanol–water partition coefficient (Wildman–Crippen LogP) is 3.00. The molecule has 1 unspecified atom stereocenters. The Morgan fingerprint density at radius 3 is 2.21 bits per heavy atom. The van der Waals surface area contributed by atoms with Crippen molar-refractivity contribution < 1.29 is 15.0 Å². The molecule has 7 rings (SSSR count). The minimum Gasteiger partial charge on any atom is -0.388 e. The Morgan fingerprint density at radius 1 is 0.915 bits per heavy atom. The lowest BCUT2D eigenvalue weighted by Gasteiger charge is -2.22. The number of carbonyl (C=O) groups is 1. The van der Waals surface area contributed by atoms with Gasteiger partial charge in [0.2, 0.25) is 11.9 Å². The number of rotatable bonds is 10. The summed E-state index contributed by atoms with van der Waals surface area (Å²) in [6, 6.07) is 29.0. The Bertz CT molecular complexity index is 1760. The van der Waals surface area contributed by atoms with E-state index >= 15 is 0 Å². The molecule has 1 amide bonds. The quantitative estimate of drug-likeness (QED) is 0.156. The van der Waals surface area contributed by atoms with Crippen LogP contribution in [0.4, 0.5) is 11.8 Å². The summed E-state index contributed by atoms with van der Waals surface area (Å²) in [4.78, 5) is 29.5. The molecule has 1 aliphatic carbocycles. The molecule has 2 fully saturated rings. The maximum atomic E-state index is 12.9. The van der Waals surface area contributed by atoms with E-state index < -0.39 is 24.3 Å². The first-order chi connectivity index (χ1) is 22.9. The zero-order valence-electron chi connectivity index (χ0n) is 26.1. The van der Waals surface area contributed by atoms with Crippen LogP contribution in [0.15, 0.2) is 97.3 Å². The Labute approximate surface area is 273 Å². The fraction of sp³-hybridized carbons (Fsp3) is 0.333. The molecule has 11 heteroatoms. The third-order valence-electron chi connectivity index (χ3n) is 9.36. The largest absolute Gasteiger partial charge is 0.388 e. The predicted molar refractivity (Wildman–Crippen MR) is 181 cm³/mol. The van der Waals surface area contributed by atoms with E-state index in [1.807, 2.05) is 71.3 Å². The van der Waals surface area contributed by atoms with Crippen LogP contribution in [0.2, 0.25) is 0 Å². The first-order valence-electron chi connectivity index (χ1n) is 16.2. The van der Waals surface area contributed by atoms with Crippen LogP contribution in [0.3, 0.4) is 0 Å². The molecule has 3 heterocycles. The first-order valence-corrected chi connectivity index (χ1v) is 16.2. The molecule has 2 aromatic heterocycles. The minimum atomic E-state index is -1.15. The normalized spacial score (nSPS) is 22.6. The van der Waals surface area contributed by atoms with Crippen LogP contribution in [-0.4, -0.2) is 79.6 Å². The van der Waals surface area contributed by atoms with Gasteiger partial charge in [0.15, 0.2) is 17.0 Å². The number of nitrogens with zero attached hydrogens (tertiary/aromatic N) is 5. The third kappa shape index (κ3) is 6.55. The summed E-state index contributed by atoms with van der Waals surface area (Å²) in [6.07, 6.45) is 0.704. The second-order valence-corrected chi connectivity index (χ2v) is 12.6. The molecule has 6 N–H and O–H groups in total. The van der Waals surface area contributed by atoms with Crippen molar-refractivity contribution in [3.05, 3.63) is 114 Å². The fourth-order valence-electron chi connectivity index (χ4n) is 6.85. The van der Waals surface area contributed by atoms with Gasteiger partial charge in [-0.05, 0) is 29.5 Å². The van der Waals surface area contributed by atoms with Crippen LogP contribution in [0.5, 0.6) is 0 Å². The number of nitrogens with two attached hydrogens (primary N) is 1. The van der Waals surface area contributed by atoms with Crippen molar-refractivity contribution in [2.75, 3.05) is 29.9 Å². The Balaban J connectivity index is 1.18. The number of hydrogen-bond donors (Lipinski definition) is 5. The monoisotopic (exact) mass is 632 g/mol.